The van der Waals surface area contributed by atoms with Crippen LogP contribution in [0.2, 0.25) is 0 Å². The monoisotopic (exact) mass is 413 g/mol. The van der Waals surface area contributed by atoms with Crippen molar-refractivity contribution in [3.05, 3.63) is 71.8 Å². The fourth-order valence-corrected chi connectivity index (χ4v) is 4.24. The molecule has 0 saturated heterocycles. The molecule has 0 fully saturated rings. The summed E-state index contributed by atoms with van der Waals surface area (Å²) in [6.07, 6.45) is 3.47. The van der Waals surface area contributed by atoms with Gasteiger partial charge in [-0.2, -0.15) is 11.3 Å². The first-order valence-electron chi connectivity index (χ1n) is 8.90. The summed E-state index contributed by atoms with van der Waals surface area (Å²) < 4.78 is 8.23. The van der Waals surface area contributed by atoms with Gasteiger partial charge in [-0.15, -0.1) is 11.3 Å². The van der Waals surface area contributed by atoms with Gasteiger partial charge >= 0.3 is 0 Å². The molecule has 0 atom stereocenters. The van der Waals surface area contributed by atoms with E-state index >= 15 is 0 Å². The number of thiazole rings is 1. The summed E-state index contributed by atoms with van der Waals surface area (Å²) in [5.74, 6) is 0.734. The lowest BCUT2D eigenvalue weighted by Crippen LogP contribution is -2.32. The smallest absolute Gasteiger partial charge is 0.269 e. The number of ether oxygens (including phenoxy) is 1. The predicted molar refractivity (Wildman–Crippen MR) is 117 cm³/mol. The molecular formula is C22H23NO3S2. The highest BCUT2D eigenvalue weighted by molar-refractivity contribution is 7.08. The summed E-state index contributed by atoms with van der Waals surface area (Å²) in [5.41, 5.74) is 1.34. The molecule has 6 heteroatoms. The number of methoxy groups -OCH3 is 1. The highest BCUT2D eigenvalue weighted by Gasteiger charge is 2.19. The number of thiophene rings is 1. The molecule has 0 amide bonds. The Kier molecular flexibility index (Phi) is 6.01. The number of Topliss-reactive ketones (excluding diaryl/α,β-unsaturated/α-hetero) is 1. The number of ketones is 1. The van der Waals surface area contributed by atoms with Crippen LogP contribution in [0.25, 0.3) is 12.2 Å². The first-order chi connectivity index (χ1) is 13.3. The number of hydrogen-bond acceptors (Lipinski definition) is 5. The van der Waals surface area contributed by atoms with E-state index in [9.17, 15) is 9.59 Å². The van der Waals surface area contributed by atoms with E-state index in [4.69, 9.17) is 4.74 Å². The SMILES string of the molecule is COc1cccc(Cn2c(=O)/c(=C\c3ccsc3)s/c2=C\C(=O)C(C)(C)C)c1. The number of aromatic nitrogens is 1. The summed E-state index contributed by atoms with van der Waals surface area (Å²) in [4.78, 5) is 25.7. The lowest BCUT2D eigenvalue weighted by atomic mass is 9.91. The maximum absolute atomic E-state index is 13.1. The molecule has 0 radical (unpaired) electrons. The molecule has 4 nitrogen and oxygen atoms in total. The number of carbonyl (C=O) groups excluding carboxylic acids is 1. The third kappa shape index (κ3) is 4.69. The summed E-state index contributed by atoms with van der Waals surface area (Å²) in [6.45, 7) is 6.01. The van der Waals surface area contributed by atoms with E-state index in [1.807, 2.05) is 67.9 Å². The van der Waals surface area contributed by atoms with Crippen LogP contribution in [0.1, 0.15) is 31.9 Å². The molecule has 2 aromatic heterocycles. The van der Waals surface area contributed by atoms with E-state index in [2.05, 4.69) is 0 Å². The van der Waals surface area contributed by atoms with Crippen molar-refractivity contribution >= 4 is 40.6 Å². The lowest BCUT2D eigenvalue weighted by molar-refractivity contribution is -0.120. The van der Waals surface area contributed by atoms with Crippen molar-refractivity contribution in [2.24, 2.45) is 5.41 Å². The average Bonchev–Trinajstić information content (AvgIpc) is 3.25. The maximum atomic E-state index is 13.1. The number of nitrogens with zero attached hydrogens (tertiary/aromatic N) is 1. The van der Waals surface area contributed by atoms with Crippen LogP contribution in [-0.2, 0) is 11.3 Å². The van der Waals surface area contributed by atoms with E-state index in [0.29, 0.717) is 15.7 Å². The molecule has 0 aliphatic rings. The van der Waals surface area contributed by atoms with Crippen molar-refractivity contribution < 1.29 is 9.53 Å². The van der Waals surface area contributed by atoms with Gasteiger partial charge in [0.1, 0.15) is 10.4 Å². The minimum Gasteiger partial charge on any atom is -0.497 e. The fraction of sp³-hybridized carbons (Fsp3) is 0.273. The molecule has 0 bridgehead atoms. The molecular weight excluding hydrogens is 390 g/mol. The molecule has 0 unspecified atom stereocenters. The first kappa shape index (κ1) is 20.3. The molecule has 0 spiro atoms. The van der Waals surface area contributed by atoms with Gasteiger partial charge in [0.2, 0.25) is 0 Å². The van der Waals surface area contributed by atoms with Crippen LogP contribution in [0.4, 0.5) is 0 Å². The topological polar surface area (TPSA) is 48.3 Å². The molecule has 3 rings (SSSR count). The van der Waals surface area contributed by atoms with Gasteiger partial charge in [0.15, 0.2) is 5.78 Å². The van der Waals surface area contributed by atoms with Crippen molar-refractivity contribution in [2.75, 3.05) is 7.11 Å². The van der Waals surface area contributed by atoms with Crippen LogP contribution in [0, 0.1) is 5.41 Å². The molecule has 0 N–H and O–H groups in total. The highest BCUT2D eigenvalue weighted by Crippen LogP contribution is 2.15. The maximum Gasteiger partial charge on any atom is 0.269 e. The summed E-state index contributed by atoms with van der Waals surface area (Å²) in [5, 5.41) is 3.97. The zero-order chi connectivity index (χ0) is 20.3. The highest BCUT2D eigenvalue weighted by atomic mass is 32.1. The summed E-state index contributed by atoms with van der Waals surface area (Å²) >= 11 is 2.94. The van der Waals surface area contributed by atoms with Crippen LogP contribution in [0.5, 0.6) is 5.75 Å². The standard InChI is InChI=1S/C22H23NO3S2/c1-22(2,3)19(24)12-20-23(13-15-6-5-7-17(10-15)26-4)21(25)18(28-20)11-16-8-9-27-14-16/h5-12,14H,13H2,1-4H3/b18-11+,20-12-. The third-order valence-electron chi connectivity index (χ3n) is 4.25. The Labute approximate surface area is 172 Å². The Morgan fingerprint density at radius 3 is 2.68 bits per heavy atom. The Balaban J connectivity index is 2.15. The van der Waals surface area contributed by atoms with Crippen LogP contribution in [0.3, 0.4) is 0 Å². The van der Waals surface area contributed by atoms with Gasteiger partial charge in [-0.05, 0) is 46.2 Å². The second-order valence-corrected chi connectivity index (χ2v) is 9.35. The molecule has 28 heavy (non-hydrogen) atoms. The van der Waals surface area contributed by atoms with Crippen molar-refractivity contribution in [1.82, 2.24) is 4.57 Å². The van der Waals surface area contributed by atoms with Crippen LogP contribution < -0.4 is 19.5 Å². The number of benzene rings is 1. The van der Waals surface area contributed by atoms with E-state index in [1.54, 1.807) is 29.1 Å². The van der Waals surface area contributed by atoms with E-state index < -0.39 is 5.41 Å². The fourth-order valence-electron chi connectivity index (χ4n) is 2.58. The number of hydrogen-bond donors (Lipinski definition) is 0. The van der Waals surface area contributed by atoms with Crippen LogP contribution in [-0.4, -0.2) is 17.5 Å². The van der Waals surface area contributed by atoms with Crippen molar-refractivity contribution in [1.29, 1.82) is 0 Å². The van der Waals surface area contributed by atoms with Crippen LogP contribution in [0.15, 0.2) is 45.9 Å². The van der Waals surface area contributed by atoms with Gasteiger partial charge < -0.3 is 4.74 Å². The largest absolute Gasteiger partial charge is 0.497 e. The predicted octanol–water partition coefficient (Wildman–Crippen LogP) is 3.25. The van der Waals surface area contributed by atoms with E-state index in [-0.39, 0.29) is 11.3 Å². The Morgan fingerprint density at radius 1 is 1.25 bits per heavy atom. The first-order valence-corrected chi connectivity index (χ1v) is 10.7. The summed E-state index contributed by atoms with van der Waals surface area (Å²) in [7, 11) is 1.62. The van der Waals surface area contributed by atoms with Gasteiger partial charge in [0.25, 0.3) is 5.56 Å². The van der Waals surface area contributed by atoms with Gasteiger partial charge in [0, 0.05) is 11.5 Å². The molecule has 0 aliphatic heterocycles. The summed E-state index contributed by atoms with van der Waals surface area (Å²) in [6, 6.07) is 9.59. The van der Waals surface area contributed by atoms with Crippen molar-refractivity contribution in [3.8, 4) is 5.75 Å². The van der Waals surface area contributed by atoms with Crippen LogP contribution >= 0.6 is 22.7 Å². The zero-order valence-corrected chi connectivity index (χ0v) is 18.0. The second-order valence-electron chi connectivity index (χ2n) is 7.51. The second kappa shape index (κ2) is 8.29. The van der Waals surface area contributed by atoms with Gasteiger partial charge in [-0.1, -0.05) is 32.9 Å². The molecule has 146 valence electrons. The van der Waals surface area contributed by atoms with E-state index in [1.165, 1.54) is 11.3 Å². The van der Waals surface area contributed by atoms with Gasteiger partial charge in [-0.25, -0.2) is 0 Å². The molecule has 1 aromatic carbocycles. The van der Waals surface area contributed by atoms with Crippen molar-refractivity contribution in [3.63, 3.8) is 0 Å². The molecule has 3 aromatic rings. The Morgan fingerprint density at radius 2 is 2.04 bits per heavy atom. The molecule has 0 saturated carbocycles. The number of carbonyl (C=O) groups is 1. The normalized spacial score (nSPS) is 13.1. The van der Waals surface area contributed by atoms with Gasteiger partial charge in [-0.3, -0.25) is 14.2 Å². The Bertz CT molecular complexity index is 1150. The molecule has 0 aliphatic carbocycles. The third-order valence-corrected chi connectivity index (χ3v) is 6.01. The number of rotatable bonds is 5. The van der Waals surface area contributed by atoms with Gasteiger partial charge in [0.05, 0.1) is 18.2 Å². The minimum atomic E-state index is -0.502. The lowest BCUT2D eigenvalue weighted by Gasteiger charge is -2.13. The quantitative estimate of drug-likeness (QED) is 0.645. The Hall–Kier alpha value is -2.44. The van der Waals surface area contributed by atoms with E-state index in [0.717, 1.165) is 16.9 Å². The van der Waals surface area contributed by atoms with Crippen molar-refractivity contribution in [2.45, 2.75) is 27.3 Å². The zero-order valence-electron chi connectivity index (χ0n) is 16.4. The average molecular weight is 414 g/mol. The molecule has 2 heterocycles. The minimum absolute atomic E-state index is 0.00442.